The predicted molar refractivity (Wildman–Crippen MR) is 46.0 cm³/mol. The zero-order valence-electron chi connectivity index (χ0n) is 7.24. The van der Waals surface area contributed by atoms with Crippen LogP contribution in [0.25, 0.3) is 0 Å². The number of nitrogens with two attached hydrogens (primary N) is 1. The number of aromatic hydroxyl groups is 1. The van der Waals surface area contributed by atoms with Crippen LogP contribution in [-0.2, 0) is 0 Å². The highest BCUT2D eigenvalue weighted by atomic mass is 19.1. The van der Waals surface area contributed by atoms with E-state index < -0.39 is 28.8 Å². The average Bonchev–Trinajstić information content (AvgIpc) is 2.13. The SMILES string of the molecule is COc1c(C(=O)O)cc(F)c(O)c1N. The molecule has 1 rings (SSSR count). The van der Waals surface area contributed by atoms with Gasteiger partial charge in [0.25, 0.3) is 0 Å². The van der Waals surface area contributed by atoms with Crippen LogP contribution in [0.2, 0.25) is 0 Å². The molecule has 0 aliphatic heterocycles. The van der Waals surface area contributed by atoms with Crippen LogP contribution in [0.1, 0.15) is 10.4 Å². The Morgan fingerprint density at radius 3 is 2.64 bits per heavy atom. The minimum Gasteiger partial charge on any atom is -0.503 e. The zero-order valence-corrected chi connectivity index (χ0v) is 7.24. The number of halogens is 1. The fourth-order valence-electron chi connectivity index (χ4n) is 1.02. The molecule has 0 aromatic heterocycles. The van der Waals surface area contributed by atoms with E-state index in [9.17, 15) is 9.18 Å². The highest BCUT2D eigenvalue weighted by Gasteiger charge is 2.20. The lowest BCUT2D eigenvalue weighted by Crippen LogP contribution is -2.05. The molecule has 0 amide bonds. The standard InChI is InChI=1S/C8H8FNO4/c1-14-7-3(8(12)13)2-4(9)6(11)5(7)10/h2,11H,10H2,1H3,(H,12,13). The van der Waals surface area contributed by atoms with Crippen molar-refractivity contribution in [2.45, 2.75) is 0 Å². The summed E-state index contributed by atoms with van der Waals surface area (Å²) in [5.41, 5.74) is 4.40. The minimum atomic E-state index is -1.38. The summed E-state index contributed by atoms with van der Waals surface area (Å²) in [4.78, 5) is 10.6. The summed E-state index contributed by atoms with van der Waals surface area (Å²) in [5, 5.41) is 17.7. The van der Waals surface area contributed by atoms with Gasteiger partial charge in [0.15, 0.2) is 17.3 Å². The van der Waals surface area contributed by atoms with E-state index >= 15 is 0 Å². The number of nitrogen functional groups attached to an aromatic ring is 1. The molecular formula is C8H8FNO4. The summed E-state index contributed by atoms with van der Waals surface area (Å²) in [6, 6.07) is 0.646. The molecule has 0 bridgehead atoms. The van der Waals surface area contributed by atoms with E-state index in [1.807, 2.05) is 0 Å². The summed E-state index contributed by atoms with van der Waals surface area (Å²) in [6.07, 6.45) is 0. The molecule has 0 saturated heterocycles. The highest BCUT2D eigenvalue weighted by Crippen LogP contribution is 2.36. The first kappa shape index (κ1) is 10.1. The summed E-state index contributed by atoms with van der Waals surface area (Å²) >= 11 is 0. The number of ether oxygens (including phenoxy) is 1. The molecule has 6 heteroatoms. The van der Waals surface area contributed by atoms with E-state index in [4.69, 9.17) is 15.9 Å². The van der Waals surface area contributed by atoms with Crippen LogP contribution in [0, 0.1) is 5.82 Å². The molecule has 0 aliphatic rings. The number of anilines is 1. The molecule has 0 aliphatic carbocycles. The van der Waals surface area contributed by atoms with Crippen LogP contribution in [0.3, 0.4) is 0 Å². The molecule has 1 aromatic rings. The van der Waals surface area contributed by atoms with Crippen LogP contribution in [0.15, 0.2) is 6.07 Å². The van der Waals surface area contributed by atoms with Gasteiger partial charge in [-0.3, -0.25) is 0 Å². The van der Waals surface area contributed by atoms with Gasteiger partial charge in [-0.15, -0.1) is 0 Å². The first-order chi connectivity index (χ1) is 6.49. The van der Waals surface area contributed by atoms with Gasteiger partial charge < -0.3 is 20.7 Å². The largest absolute Gasteiger partial charge is 0.503 e. The zero-order chi connectivity index (χ0) is 10.9. The number of rotatable bonds is 2. The maximum atomic E-state index is 12.9. The van der Waals surface area contributed by atoms with Crippen molar-refractivity contribution in [1.82, 2.24) is 0 Å². The van der Waals surface area contributed by atoms with Crippen LogP contribution >= 0.6 is 0 Å². The van der Waals surface area contributed by atoms with Gasteiger partial charge in [-0.05, 0) is 6.07 Å². The molecule has 76 valence electrons. The Labute approximate surface area is 78.5 Å². The van der Waals surface area contributed by atoms with E-state index in [2.05, 4.69) is 4.74 Å². The number of carboxylic acids is 1. The first-order valence-electron chi connectivity index (χ1n) is 3.57. The Balaban J connectivity index is 3.51. The van der Waals surface area contributed by atoms with Crippen LogP contribution in [-0.4, -0.2) is 23.3 Å². The third kappa shape index (κ3) is 1.41. The number of phenolic OH excluding ortho intramolecular Hbond substituents is 1. The maximum absolute atomic E-state index is 12.9. The van der Waals surface area contributed by atoms with Gasteiger partial charge in [-0.25, -0.2) is 9.18 Å². The number of hydrogen-bond acceptors (Lipinski definition) is 4. The quantitative estimate of drug-likeness (QED) is 0.486. The normalized spacial score (nSPS) is 9.86. The van der Waals surface area contributed by atoms with Crippen LogP contribution in [0.5, 0.6) is 11.5 Å². The number of hydrogen-bond donors (Lipinski definition) is 3. The molecule has 1 aromatic carbocycles. The fourth-order valence-corrected chi connectivity index (χ4v) is 1.02. The van der Waals surface area contributed by atoms with Crippen molar-refractivity contribution in [3.63, 3.8) is 0 Å². The van der Waals surface area contributed by atoms with Crippen molar-refractivity contribution >= 4 is 11.7 Å². The second-order valence-corrected chi connectivity index (χ2v) is 2.51. The summed E-state index contributed by atoms with van der Waals surface area (Å²) in [7, 11) is 1.18. The number of benzene rings is 1. The highest BCUT2D eigenvalue weighted by molar-refractivity contribution is 5.94. The minimum absolute atomic E-state index is 0.253. The first-order valence-corrected chi connectivity index (χ1v) is 3.57. The van der Waals surface area contributed by atoms with Gasteiger partial charge in [0.1, 0.15) is 11.3 Å². The summed E-state index contributed by atoms with van der Waals surface area (Å²) < 4.78 is 17.5. The molecule has 0 fully saturated rings. The van der Waals surface area contributed by atoms with Gasteiger partial charge >= 0.3 is 5.97 Å². The molecule has 0 unspecified atom stereocenters. The third-order valence-electron chi connectivity index (χ3n) is 1.68. The molecule has 0 atom stereocenters. The van der Waals surface area contributed by atoms with Gasteiger partial charge in [-0.2, -0.15) is 0 Å². The second-order valence-electron chi connectivity index (χ2n) is 2.51. The Bertz CT molecular complexity index is 391. The van der Waals surface area contributed by atoms with E-state index in [0.29, 0.717) is 6.07 Å². The average molecular weight is 201 g/mol. The smallest absolute Gasteiger partial charge is 0.339 e. The monoisotopic (exact) mass is 201 g/mol. The lowest BCUT2D eigenvalue weighted by Gasteiger charge is -2.09. The molecule has 5 nitrogen and oxygen atoms in total. The number of carboxylic acid groups (broad SMARTS) is 1. The third-order valence-corrected chi connectivity index (χ3v) is 1.68. The van der Waals surface area contributed by atoms with Crippen molar-refractivity contribution in [2.24, 2.45) is 0 Å². The van der Waals surface area contributed by atoms with Gasteiger partial charge in [-0.1, -0.05) is 0 Å². The Hall–Kier alpha value is -1.98. The number of aromatic carboxylic acids is 1. The van der Waals surface area contributed by atoms with Crippen molar-refractivity contribution < 1.29 is 24.1 Å². The van der Waals surface area contributed by atoms with Gasteiger partial charge in [0.2, 0.25) is 0 Å². The summed E-state index contributed by atoms with van der Waals surface area (Å²) in [5.74, 6) is -3.54. The van der Waals surface area contributed by atoms with Crippen LogP contribution < -0.4 is 10.5 Å². The van der Waals surface area contributed by atoms with Gasteiger partial charge in [0.05, 0.1) is 7.11 Å². The van der Waals surface area contributed by atoms with Crippen molar-refractivity contribution in [3.8, 4) is 11.5 Å². The molecule has 0 saturated carbocycles. The lowest BCUT2D eigenvalue weighted by molar-refractivity contribution is 0.0693. The Morgan fingerprint density at radius 2 is 2.21 bits per heavy atom. The van der Waals surface area contributed by atoms with Gasteiger partial charge in [0, 0.05) is 0 Å². The molecule has 0 radical (unpaired) electrons. The number of methoxy groups -OCH3 is 1. The van der Waals surface area contributed by atoms with E-state index in [1.54, 1.807) is 0 Å². The molecule has 0 spiro atoms. The molecule has 0 heterocycles. The number of phenols is 1. The molecule has 14 heavy (non-hydrogen) atoms. The van der Waals surface area contributed by atoms with Crippen molar-refractivity contribution in [3.05, 3.63) is 17.4 Å². The summed E-state index contributed by atoms with van der Waals surface area (Å²) in [6.45, 7) is 0. The predicted octanol–water partition coefficient (Wildman–Crippen LogP) is 0.820. The lowest BCUT2D eigenvalue weighted by atomic mass is 10.1. The topological polar surface area (TPSA) is 92.8 Å². The van der Waals surface area contributed by atoms with E-state index in [1.165, 1.54) is 7.11 Å². The molecule has 4 N–H and O–H groups in total. The van der Waals surface area contributed by atoms with Crippen LogP contribution in [0.4, 0.5) is 10.1 Å². The Morgan fingerprint density at radius 1 is 1.64 bits per heavy atom. The second kappa shape index (κ2) is 3.41. The maximum Gasteiger partial charge on any atom is 0.339 e. The number of carbonyl (C=O) groups is 1. The fraction of sp³-hybridized carbons (Fsp3) is 0.125. The van der Waals surface area contributed by atoms with Crippen molar-refractivity contribution in [1.29, 1.82) is 0 Å². The van der Waals surface area contributed by atoms with E-state index in [0.717, 1.165) is 0 Å². The van der Waals surface area contributed by atoms with Crippen molar-refractivity contribution in [2.75, 3.05) is 12.8 Å². The Kier molecular flexibility index (Phi) is 2.46. The molecular weight excluding hydrogens is 193 g/mol. The van der Waals surface area contributed by atoms with E-state index in [-0.39, 0.29) is 5.75 Å².